The van der Waals surface area contributed by atoms with Crippen LogP contribution in [0.1, 0.15) is 37.3 Å². The topological polar surface area (TPSA) is 32.3 Å². The van der Waals surface area contributed by atoms with E-state index in [2.05, 4.69) is 27.0 Å². The van der Waals surface area contributed by atoms with E-state index in [-0.39, 0.29) is 0 Å². The van der Waals surface area contributed by atoms with Gasteiger partial charge in [-0.15, -0.1) is 11.8 Å². The Kier molecular flexibility index (Phi) is 5.02. The molecule has 1 N–H and O–H groups in total. The Morgan fingerprint density at radius 2 is 2.25 bits per heavy atom. The number of hydrogen-bond donors (Lipinski definition) is 1. The summed E-state index contributed by atoms with van der Waals surface area (Å²) in [5.41, 5.74) is 1.33. The Hall–Kier alpha value is -0.520. The molecular weight excluding hydrogens is 288 g/mol. The van der Waals surface area contributed by atoms with Crippen LogP contribution in [0.25, 0.3) is 0 Å². The minimum absolute atomic E-state index is 0.335. The van der Waals surface area contributed by atoms with Crippen LogP contribution in [-0.2, 0) is 4.79 Å². The number of amides is 1. The van der Waals surface area contributed by atoms with Crippen molar-refractivity contribution in [3.63, 3.8) is 0 Å². The molecule has 3 heterocycles. The van der Waals surface area contributed by atoms with Gasteiger partial charge in [-0.25, -0.2) is 0 Å². The van der Waals surface area contributed by atoms with Gasteiger partial charge in [0, 0.05) is 11.8 Å². The lowest BCUT2D eigenvalue weighted by atomic mass is 10.1. The van der Waals surface area contributed by atoms with Crippen LogP contribution in [0, 0.1) is 0 Å². The van der Waals surface area contributed by atoms with E-state index in [1.165, 1.54) is 18.4 Å². The number of nitrogens with one attached hydrogen (secondary N) is 1. The van der Waals surface area contributed by atoms with Crippen molar-refractivity contribution in [2.75, 3.05) is 25.4 Å². The summed E-state index contributed by atoms with van der Waals surface area (Å²) < 4.78 is 0. The SMILES string of the molecule is O=C(CSC1CCNCC1)N1CCCC1c1ccsc1. The Bertz CT molecular complexity index is 429. The average Bonchev–Trinajstić information content (AvgIpc) is 3.15. The largest absolute Gasteiger partial charge is 0.335 e. The van der Waals surface area contributed by atoms with Gasteiger partial charge in [0.15, 0.2) is 0 Å². The molecule has 1 amide bonds. The van der Waals surface area contributed by atoms with Crippen molar-refractivity contribution in [2.45, 2.75) is 37.0 Å². The fourth-order valence-corrected chi connectivity index (χ4v) is 4.93. The first-order chi connectivity index (χ1) is 9.84. The lowest BCUT2D eigenvalue weighted by molar-refractivity contribution is -0.129. The molecule has 0 radical (unpaired) electrons. The Balaban J connectivity index is 1.53. The van der Waals surface area contributed by atoms with E-state index in [0.717, 1.165) is 32.5 Å². The predicted octanol–water partition coefficient (Wildman–Crippen LogP) is 2.90. The van der Waals surface area contributed by atoms with E-state index in [1.54, 1.807) is 11.3 Å². The molecular formula is C15H22N2OS2. The molecule has 0 saturated carbocycles. The lowest BCUT2D eigenvalue weighted by Crippen LogP contribution is -2.34. The van der Waals surface area contributed by atoms with Gasteiger partial charge in [0.25, 0.3) is 0 Å². The minimum Gasteiger partial charge on any atom is -0.335 e. The zero-order valence-electron chi connectivity index (χ0n) is 11.7. The molecule has 3 rings (SSSR count). The van der Waals surface area contributed by atoms with Crippen molar-refractivity contribution in [1.29, 1.82) is 0 Å². The fourth-order valence-electron chi connectivity index (χ4n) is 3.11. The van der Waals surface area contributed by atoms with Crippen molar-refractivity contribution in [2.24, 2.45) is 0 Å². The third-order valence-corrected chi connectivity index (χ3v) is 6.29. The zero-order chi connectivity index (χ0) is 13.8. The van der Waals surface area contributed by atoms with Gasteiger partial charge in [-0.1, -0.05) is 0 Å². The van der Waals surface area contributed by atoms with Crippen molar-refractivity contribution in [1.82, 2.24) is 10.2 Å². The normalized spacial score (nSPS) is 24.2. The second-order valence-corrected chi connectivity index (χ2v) is 7.63. The van der Waals surface area contributed by atoms with Crippen molar-refractivity contribution in [3.05, 3.63) is 22.4 Å². The Morgan fingerprint density at radius 3 is 3.00 bits per heavy atom. The van der Waals surface area contributed by atoms with Crippen molar-refractivity contribution < 1.29 is 4.79 Å². The third kappa shape index (κ3) is 3.38. The summed E-state index contributed by atoms with van der Waals surface area (Å²) in [7, 11) is 0. The average molecular weight is 310 g/mol. The van der Waals surface area contributed by atoms with Gasteiger partial charge in [0.1, 0.15) is 0 Å². The van der Waals surface area contributed by atoms with E-state index < -0.39 is 0 Å². The van der Waals surface area contributed by atoms with Crippen LogP contribution in [0.3, 0.4) is 0 Å². The predicted molar refractivity (Wildman–Crippen MR) is 86.4 cm³/mol. The molecule has 5 heteroatoms. The summed E-state index contributed by atoms with van der Waals surface area (Å²) in [5.74, 6) is 0.993. The molecule has 1 aromatic heterocycles. The second-order valence-electron chi connectivity index (χ2n) is 5.56. The lowest BCUT2D eigenvalue weighted by Gasteiger charge is -2.26. The van der Waals surface area contributed by atoms with Gasteiger partial charge in [-0.3, -0.25) is 4.79 Å². The highest BCUT2D eigenvalue weighted by molar-refractivity contribution is 8.00. The monoisotopic (exact) mass is 310 g/mol. The standard InChI is InChI=1S/C15H22N2OS2/c18-15(11-20-13-3-6-16-7-4-13)17-8-1-2-14(17)12-5-9-19-10-12/h5,9-10,13-14,16H,1-4,6-8,11H2. The highest BCUT2D eigenvalue weighted by atomic mass is 32.2. The first kappa shape index (κ1) is 14.4. The fraction of sp³-hybridized carbons (Fsp3) is 0.667. The summed E-state index contributed by atoms with van der Waals surface area (Å²) >= 11 is 3.59. The molecule has 2 aliphatic heterocycles. The maximum absolute atomic E-state index is 12.5. The zero-order valence-corrected chi connectivity index (χ0v) is 13.3. The number of carbonyl (C=O) groups is 1. The Labute approximate surface area is 129 Å². The molecule has 110 valence electrons. The van der Waals surface area contributed by atoms with E-state index in [4.69, 9.17) is 0 Å². The quantitative estimate of drug-likeness (QED) is 0.928. The number of piperidine rings is 1. The number of carbonyl (C=O) groups excluding carboxylic acids is 1. The molecule has 2 aliphatic rings. The number of hydrogen-bond acceptors (Lipinski definition) is 4. The van der Waals surface area contributed by atoms with Crippen molar-refractivity contribution >= 4 is 29.0 Å². The van der Waals surface area contributed by atoms with Crippen LogP contribution >= 0.6 is 23.1 Å². The van der Waals surface area contributed by atoms with Gasteiger partial charge in [-0.2, -0.15) is 11.3 Å². The highest BCUT2D eigenvalue weighted by Gasteiger charge is 2.30. The van der Waals surface area contributed by atoms with Crippen LogP contribution in [0.2, 0.25) is 0 Å². The Morgan fingerprint density at radius 1 is 1.40 bits per heavy atom. The third-order valence-electron chi connectivity index (χ3n) is 4.23. The van der Waals surface area contributed by atoms with Gasteiger partial charge < -0.3 is 10.2 Å². The molecule has 0 aromatic carbocycles. The number of thioether (sulfide) groups is 1. The summed E-state index contributed by atoms with van der Waals surface area (Å²) in [6.45, 7) is 3.15. The van der Waals surface area contributed by atoms with E-state index in [9.17, 15) is 4.79 Å². The van der Waals surface area contributed by atoms with Crippen LogP contribution < -0.4 is 5.32 Å². The van der Waals surface area contributed by atoms with Gasteiger partial charge >= 0.3 is 0 Å². The number of nitrogens with zero attached hydrogens (tertiary/aromatic N) is 1. The molecule has 2 saturated heterocycles. The van der Waals surface area contributed by atoms with Crippen LogP contribution in [0.4, 0.5) is 0 Å². The van der Waals surface area contributed by atoms with E-state index in [0.29, 0.717) is 23.0 Å². The minimum atomic E-state index is 0.335. The molecule has 0 bridgehead atoms. The molecule has 0 aliphatic carbocycles. The summed E-state index contributed by atoms with van der Waals surface area (Å²) in [5, 5.41) is 8.35. The number of rotatable bonds is 4. The second kappa shape index (κ2) is 6.96. The molecule has 2 fully saturated rings. The summed E-state index contributed by atoms with van der Waals surface area (Å²) in [4.78, 5) is 14.6. The van der Waals surface area contributed by atoms with Gasteiger partial charge in [0.05, 0.1) is 11.8 Å². The number of thiophene rings is 1. The maximum atomic E-state index is 12.5. The van der Waals surface area contributed by atoms with Gasteiger partial charge in [-0.05, 0) is 61.2 Å². The van der Waals surface area contributed by atoms with Crippen LogP contribution in [0.5, 0.6) is 0 Å². The molecule has 20 heavy (non-hydrogen) atoms. The molecule has 1 aromatic rings. The van der Waals surface area contributed by atoms with Gasteiger partial charge in [0.2, 0.25) is 5.91 Å². The summed E-state index contributed by atoms with van der Waals surface area (Å²) in [6.07, 6.45) is 4.67. The molecule has 3 nitrogen and oxygen atoms in total. The first-order valence-corrected chi connectivity index (χ1v) is 9.47. The van der Waals surface area contributed by atoms with E-state index in [1.807, 2.05) is 11.8 Å². The molecule has 0 spiro atoms. The summed E-state index contributed by atoms with van der Waals surface area (Å²) in [6, 6.07) is 2.50. The maximum Gasteiger partial charge on any atom is 0.233 e. The van der Waals surface area contributed by atoms with E-state index >= 15 is 0 Å². The molecule has 1 atom stereocenters. The van der Waals surface area contributed by atoms with Crippen LogP contribution in [0.15, 0.2) is 16.8 Å². The van der Waals surface area contributed by atoms with Crippen LogP contribution in [-0.4, -0.2) is 41.4 Å². The first-order valence-electron chi connectivity index (χ1n) is 7.48. The number of likely N-dealkylation sites (tertiary alicyclic amines) is 1. The van der Waals surface area contributed by atoms with Crippen molar-refractivity contribution in [3.8, 4) is 0 Å². The molecule has 1 unspecified atom stereocenters. The highest BCUT2D eigenvalue weighted by Crippen LogP contribution is 2.34. The smallest absolute Gasteiger partial charge is 0.233 e.